The Balaban J connectivity index is 1.91. The van der Waals surface area contributed by atoms with Crippen molar-refractivity contribution < 1.29 is 13.5 Å². The third-order valence-electron chi connectivity index (χ3n) is 3.30. The summed E-state index contributed by atoms with van der Waals surface area (Å²) in [5, 5.41) is 12.4. The van der Waals surface area contributed by atoms with Gasteiger partial charge in [-0.3, -0.25) is 0 Å². The van der Waals surface area contributed by atoms with Crippen LogP contribution in [0.2, 0.25) is 0 Å². The van der Waals surface area contributed by atoms with Crippen molar-refractivity contribution in [2.24, 2.45) is 5.92 Å². The molecule has 0 atom stereocenters. The molecule has 3 N–H and O–H groups in total. The van der Waals surface area contributed by atoms with Gasteiger partial charge in [-0.15, -0.1) is 0 Å². The number of nitrogens with one attached hydrogen (secondary N) is 2. The van der Waals surface area contributed by atoms with Gasteiger partial charge in [-0.1, -0.05) is 6.92 Å². The van der Waals surface area contributed by atoms with Crippen LogP contribution in [-0.4, -0.2) is 32.7 Å². The Morgan fingerprint density at radius 1 is 1.26 bits per heavy atom. The van der Waals surface area contributed by atoms with Gasteiger partial charge in [0.05, 0.1) is 11.0 Å². The molecule has 0 heterocycles. The van der Waals surface area contributed by atoms with Crippen molar-refractivity contribution in [3.63, 3.8) is 0 Å². The summed E-state index contributed by atoms with van der Waals surface area (Å²) in [6.45, 7) is 2.95. The molecule has 1 aliphatic carbocycles. The van der Waals surface area contributed by atoms with E-state index < -0.39 is 10.0 Å². The molecule has 0 amide bonds. The zero-order valence-electron chi connectivity index (χ0n) is 11.0. The summed E-state index contributed by atoms with van der Waals surface area (Å²) in [5.41, 5.74) is 0.900. The van der Waals surface area contributed by atoms with Crippen LogP contribution in [0.15, 0.2) is 29.2 Å². The van der Waals surface area contributed by atoms with Crippen molar-refractivity contribution >= 4 is 15.7 Å². The zero-order valence-corrected chi connectivity index (χ0v) is 11.8. The summed E-state index contributed by atoms with van der Waals surface area (Å²) < 4.78 is 25.9. The molecule has 0 saturated heterocycles. The Hall–Kier alpha value is -1.11. The number of hydrogen-bond acceptors (Lipinski definition) is 4. The first-order valence-electron chi connectivity index (χ1n) is 6.53. The number of benzene rings is 1. The Bertz CT molecular complexity index is 507. The van der Waals surface area contributed by atoms with Crippen LogP contribution in [0.5, 0.6) is 0 Å². The molecule has 1 fully saturated rings. The first-order chi connectivity index (χ1) is 9.01. The van der Waals surface area contributed by atoms with Crippen LogP contribution in [0.25, 0.3) is 0 Å². The molecule has 2 rings (SSSR count). The van der Waals surface area contributed by atoms with Crippen molar-refractivity contribution in [2.45, 2.75) is 30.8 Å². The average Bonchev–Trinajstić information content (AvgIpc) is 2.34. The van der Waals surface area contributed by atoms with E-state index in [1.165, 1.54) is 0 Å². The molecule has 0 unspecified atom stereocenters. The van der Waals surface area contributed by atoms with E-state index in [9.17, 15) is 13.5 Å². The summed E-state index contributed by atoms with van der Waals surface area (Å²) in [6.07, 6.45) is 1.55. The second kappa shape index (κ2) is 5.90. The lowest BCUT2D eigenvalue weighted by molar-refractivity contribution is 0.0487. The molecule has 5 nitrogen and oxygen atoms in total. The maximum Gasteiger partial charge on any atom is 0.240 e. The van der Waals surface area contributed by atoms with Gasteiger partial charge in [-0.25, -0.2) is 13.1 Å². The van der Waals surface area contributed by atoms with E-state index in [0.29, 0.717) is 12.5 Å². The van der Waals surface area contributed by atoms with Crippen LogP contribution in [-0.2, 0) is 10.0 Å². The molecule has 0 radical (unpaired) electrons. The SMILES string of the molecule is CCNS(=O)(=O)c1ccc(NCC2CC(O)C2)cc1. The number of hydrogen-bond donors (Lipinski definition) is 3. The van der Waals surface area contributed by atoms with E-state index >= 15 is 0 Å². The largest absolute Gasteiger partial charge is 0.393 e. The third kappa shape index (κ3) is 3.68. The van der Waals surface area contributed by atoms with E-state index in [4.69, 9.17) is 0 Å². The van der Waals surface area contributed by atoms with Gasteiger partial charge >= 0.3 is 0 Å². The smallest absolute Gasteiger partial charge is 0.240 e. The Morgan fingerprint density at radius 2 is 1.89 bits per heavy atom. The van der Waals surface area contributed by atoms with Crippen molar-refractivity contribution in [1.82, 2.24) is 4.72 Å². The summed E-state index contributed by atoms with van der Waals surface area (Å²) in [7, 11) is -3.37. The summed E-state index contributed by atoms with van der Waals surface area (Å²) in [4.78, 5) is 0.277. The molecule has 0 bridgehead atoms. The predicted octanol–water partition coefficient (Wildman–Crippen LogP) is 1.17. The minimum absolute atomic E-state index is 0.139. The van der Waals surface area contributed by atoms with E-state index in [2.05, 4.69) is 10.0 Å². The zero-order chi connectivity index (χ0) is 13.9. The highest BCUT2D eigenvalue weighted by molar-refractivity contribution is 7.89. The van der Waals surface area contributed by atoms with Gasteiger partial charge in [0.25, 0.3) is 0 Å². The number of rotatable bonds is 6. The van der Waals surface area contributed by atoms with Gasteiger partial charge < -0.3 is 10.4 Å². The molecule has 19 heavy (non-hydrogen) atoms. The molecule has 0 aromatic heterocycles. The van der Waals surface area contributed by atoms with E-state index in [1.54, 1.807) is 31.2 Å². The fraction of sp³-hybridized carbons (Fsp3) is 0.538. The lowest BCUT2D eigenvalue weighted by atomic mass is 9.82. The molecular weight excluding hydrogens is 264 g/mol. The van der Waals surface area contributed by atoms with Crippen LogP contribution in [0.3, 0.4) is 0 Å². The number of aliphatic hydroxyl groups is 1. The minimum Gasteiger partial charge on any atom is -0.393 e. The fourth-order valence-corrected chi connectivity index (χ4v) is 3.20. The maximum absolute atomic E-state index is 11.7. The highest BCUT2D eigenvalue weighted by Crippen LogP contribution is 2.27. The molecular formula is C13H20N2O3S. The first-order valence-corrected chi connectivity index (χ1v) is 8.01. The monoisotopic (exact) mass is 284 g/mol. The third-order valence-corrected chi connectivity index (χ3v) is 4.87. The molecule has 1 aromatic rings. The van der Waals surface area contributed by atoms with E-state index in [0.717, 1.165) is 25.1 Å². The van der Waals surface area contributed by atoms with Crippen molar-refractivity contribution in [2.75, 3.05) is 18.4 Å². The Kier molecular flexibility index (Phi) is 4.44. The van der Waals surface area contributed by atoms with Crippen LogP contribution < -0.4 is 10.0 Å². The number of aliphatic hydroxyl groups excluding tert-OH is 1. The van der Waals surface area contributed by atoms with Gasteiger partial charge in [0.1, 0.15) is 0 Å². The highest BCUT2D eigenvalue weighted by Gasteiger charge is 2.26. The standard InChI is InChI=1S/C13H20N2O3S/c1-2-15-19(17,18)13-5-3-11(4-6-13)14-9-10-7-12(16)8-10/h3-6,10,12,14-16H,2,7-9H2,1H3. The van der Waals surface area contributed by atoms with E-state index in [1.807, 2.05) is 0 Å². The van der Waals surface area contributed by atoms with Crippen LogP contribution >= 0.6 is 0 Å². The summed E-state index contributed by atoms with van der Waals surface area (Å²) in [6, 6.07) is 6.71. The summed E-state index contributed by atoms with van der Waals surface area (Å²) >= 11 is 0. The average molecular weight is 284 g/mol. The predicted molar refractivity (Wildman–Crippen MR) is 74.5 cm³/mol. The topological polar surface area (TPSA) is 78.4 Å². The van der Waals surface area contributed by atoms with Gasteiger partial charge in [0.2, 0.25) is 10.0 Å². The molecule has 6 heteroatoms. The van der Waals surface area contributed by atoms with Gasteiger partial charge in [0.15, 0.2) is 0 Å². The molecule has 1 saturated carbocycles. The Labute approximate surface area is 114 Å². The van der Waals surface area contributed by atoms with Gasteiger partial charge in [-0.2, -0.15) is 0 Å². The first kappa shape index (κ1) is 14.3. The molecule has 1 aromatic carbocycles. The lowest BCUT2D eigenvalue weighted by Gasteiger charge is -2.31. The van der Waals surface area contributed by atoms with Gasteiger partial charge in [-0.05, 0) is 43.0 Å². The molecule has 0 aliphatic heterocycles. The van der Waals surface area contributed by atoms with Crippen LogP contribution in [0, 0.1) is 5.92 Å². The molecule has 1 aliphatic rings. The summed E-state index contributed by atoms with van der Waals surface area (Å²) in [5.74, 6) is 0.514. The van der Waals surface area contributed by atoms with Crippen molar-refractivity contribution in [3.8, 4) is 0 Å². The van der Waals surface area contributed by atoms with Gasteiger partial charge in [0, 0.05) is 18.8 Å². The highest BCUT2D eigenvalue weighted by atomic mass is 32.2. The maximum atomic E-state index is 11.7. The Morgan fingerprint density at radius 3 is 2.42 bits per heavy atom. The van der Waals surface area contributed by atoms with E-state index in [-0.39, 0.29) is 11.0 Å². The fourth-order valence-electron chi connectivity index (χ4n) is 2.15. The van der Waals surface area contributed by atoms with Crippen LogP contribution in [0.4, 0.5) is 5.69 Å². The minimum atomic E-state index is -3.37. The molecule has 106 valence electrons. The lowest BCUT2D eigenvalue weighted by Crippen LogP contribution is -2.33. The second-order valence-electron chi connectivity index (χ2n) is 4.90. The quantitative estimate of drug-likeness (QED) is 0.732. The van der Waals surface area contributed by atoms with Crippen molar-refractivity contribution in [3.05, 3.63) is 24.3 Å². The van der Waals surface area contributed by atoms with Crippen LogP contribution in [0.1, 0.15) is 19.8 Å². The molecule has 0 spiro atoms. The number of sulfonamides is 1. The normalized spacial score (nSPS) is 22.8. The van der Waals surface area contributed by atoms with Crippen molar-refractivity contribution in [1.29, 1.82) is 0 Å². The number of anilines is 1. The second-order valence-corrected chi connectivity index (χ2v) is 6.66.